The zero-order valence-electron chi connectivity index (χ0n) is 15.4. The minimum atomic E-state index is -0.323. The summed E-state index contributed by atoms with van der Waals surface area (Å²) < 4.78 is 7.13. The highest BCUT2D eigenvalue weighted by molar-refractivity contribution is 5.84. The molecule has 1 aliphatic heterocycles. The quantitative estimate of drug-likeness (QED) is 0.817. The number of carbonyl (C=O) groups is 2. The van der Waals surface area contributed by atoms with Gasteiger partial charge in [0.1, 0.15) is 25.0 Å². The Morgan fingerprint density at radius 1 is 1.31 bits per heavy atom. The molecule has 1 unspecified atom stereocenters. The van der Waals surface area contributed by atoms with Gasteiger partial charge in [-0.3, -0.25) is 14.5 Å². The van der Waals surface area contributed by atoms with Gasteiger partial charge in [-0.1, -0.05) is 12.1 Å². The molecule has 1 aliphatic rings. The van der Waals surface area contributed by atoms with E-state index in [9.17, 15) is 9.59 Å². The highest BCUT2D eigenvalue weighted by Gasteiger charge is 2.32. The Morgan fingerprint density at radius 2 is 2.08 bits per heavy atom. The molecule has 1 aromatic heterocycles. The van der Waals surface area contributed by atoms with Gasteiger partial charge in [0.15, 0.2) is 0 Å². The van der Waals surface area contributed by atoms with Crippen LogP contribution in [0.2, 0.25) is 0 Å². The Bertz CT molecular complexity index is 803. The predicted octanol–water partition coefficient (Wildman–Crippen LogP) is 0.0713. The number of hydrogen-bond donors (Lipinski definition) is 1. The van der Waals surface area contributed by atoms with Gasteiger partial charge in [0.05, 0.1) is 11.0 Å². The molecule has 0 saturated carbocycles. The van der Waals surface area contributed by atoms with Gasteiger partial charge in [-0.2, -0.15) is 0 Å². The second-order valence-electron chi connectivity index (χ2n) is 6.49. The van der Waals surface area contributed by atoms with Crippen LogP contribution in [-0.2, 0) is 27.5 Å². The number of methoxy groups -OCH3 is 1. The Balaban J connectivity index is 1.80. The fourth-order valence-corrected chi connectivity index (χ4v) is 3.33. The van der Waals surface area contributed by atoms with Crippen molar-refractivity contribution in [3.05, 3.63) is 30.1 Å². The van der Waals surface area contributed by atoms with Crippen LogP contribution in [0.15, 0.2) is 24.3 Å². The van der Waals surface area contributed by atoms with E-state index in [1.807, 2.05) is 40.8 Å². The Kier molecular flexibility index (Phi) is 5.53. The maximum absolute atomic E-state index is 12.9. The largest absolute Gasteiger partial charge is 0.377 e. The summed E-state index contributed by atoms with van der Waals surface area (Å²) in [6, 6.07) is 7.40. The van der Waals surface area contributed by atoms with Gasteiger partial charge in [0.25, 0.3) is 0 Å². The molecule has 0 spiro atoms. The molecule has 2 aromatic rings. The first-order valence-corrected chi connectivity index (χ1v) is 8.67. The molecule has 8 nitrogen and oxygen atoms in total. The standard InChI is InChI=1S/C18H25N5O3/c1-19-18(25)15-10-22(9-8-21(15)2)17(24)11-23-14-7-5-4-6-13(14)20-16(23)12-26-3/h4-7,15H,8-12H2,1-3H3,(H,19,25). The monoisotopic (exact) mass is 359 g/mol. The lowest BCUT2D eigenvalue weighted by Gasteiger charge is -2.38. The molecule has 26 heavy (non-hydrogen) atoms. The van der Waals surface area contributed by atoms with E-state index in [0.717, 1.165) is 16.9 Å². The number of aromatic nitrogens is 2. The van der Waals surface area contributed by atoms with Crippen molar-refractivity contribution in [3.63, 3.8) is 0 Å². The first kappa shape index (κ1) is 18.3. The van der Waals surface area contributed by atoms with Crippen LogP contribution in [0.25, 0.3) is 11.0 Å². The SMILES string of the molecule is CNC(=O)C1CN(C(=O)Cn2c(COC)nc3ccccc32)CCN1C. The Hall–Kier alpha value is -2.45. The molecule has 0 aliphatic carbocycles. The predicted molar refractivity (Wildman–Crippen MR) is 97.5 cm³/mol. The number of likely N-dealkylation sites (N-methyl/N-ethyl adjacent to an activating group) is 2. The number of fused-ring (bicyclic) bond motifs is 1. The van der Waals surface area contributed by atoms with Crippen molar-refractivity contribution in [1.82, 2.24) is 24.7 Å². The average molecular weight is 359 g/mol. The summed E-state index contributed by atoms with van der Waals surface area (Å²) in [6.45, 7) is 2.19. The smallest absolute Gasteiger partial charge is 0.242 e. The van der Waals surface area contributed by atoms with Crippen LogP contribution >= 0.6 is 0 Å². The molecule has 1 atom stereocenters. The fraction of sp³-hybridized carbons (Fsp3) is 0.500. The topological polar surface area (TPSA) is 79.7 Å². The molecule has 2 heterocycles. The third-order valence-corrected chi connectivity index (χ3v) is 4.85. The molecule has 1 aromatic carbocycles. The summed E-state index contributed by atoms with van der Waals surface area (Å²) in [6.07, 6.45) is 0. The average Bonchev–Trinajstić information content (AvgIpc) is 2.99. The molecule has 1 saturated heterocycles. The van der Waals surface area contributed by atoms with Gasteiger partial charge in [-0.15, -0.1) is 0 Å². The highest BCUT2D eigenvalue weighted by Crippen LogP contribution is 2.18. The third-order valence-electron chi connectivity index (χ3n) is 4.85. The maximum Gasteiger partial charge on any atom is 0.242 e. The van der Waals surface area contributed by atoms with E-state index in [1.54, 1.807) is 19.1 Å². The number of para-hydroxylation sites is 2. The number of benzene rings is 1. The normalized spacial score (nSPS) is 18.3. The van der Waals surface area contributed by atoms with Crippen molar-refractivity contribution in [3.8, 4) is 0 Å². The molecule has 140 valence electrons. The summed E-state index contributed by atoms with van der Waals surface area (Å²) in [7, 11) is 5.13. The van der Waals surface area contributed by atoms with Gasteiger partial charge in [-0.25, -0.2) is 4.98 Å². The number of nitrogens with one attached hydrogen (secondary N) is 1. The van der Waals surface area contributed by atoms with Crippen molar-refractivity contribution < 1.29 is 14.3 Å². The molecule has 1 N–H and O–H groups in total. The minimum absolute atomic E-state index is 0.0208. The molecule has 0 radical (unpaired) electrons. The summed E-state index contributed by atoms with van der Waals surface area (Å²) in [4.78, 5) is 33.3. The third kappa shape index (κ3) is 3.56. The van der Waals surface area contributed by atoms with E-state index in [0.29, 0.717) is 26.2 Å². The second-order valence-corrected chi connectivity index (χ2v) is 6.49. The van der Waals surface area contributed by atoms with Gasteiger partial charge in [-0.05, 0) is 19.2 Å². The van der Waals surface area contributed by atoms with Crippen molar-refractivity contribution >= 4 is 22.8 Å². The first-order valence-electron chi connectivity index (χ1n) is 8.67. The lowest BCUT2D eigenvalue weighted by Crippen LogP contribution is -2.58. The molecular weight excluding hydrogens is 334 g/mol. The summed E-state index contributed by atoms with van der Waals surface area (Å²) >= 11 is 0. The number of piperazine rings is 1. The van der Waals surface area contributed by atoms with Gasteiger partial charge < -0.3 is 19.5 Å². The van der Waals surface area contributed by atoms with Crippen LogP contribution in [0.5, 0.6) is 0 Å². The molecule has 2 amide bonds. The molecule has 1 fully saturated rings. The first-order chi connectivity index (χ1) is 12.5. The number of ether oxygens (including phenoxy) is 1. The van der Waals surface area contributed by atoms with Crippen molar-refractivity contribution in [2.75, 3.05) is 40.8 Å². The van der Waals surface area contributed by atoms with Crippen LogP contribution in [0.1, 0.15) is 5.82 Å². The van der Waals surface area contributed by atoms with E-state index in [1.165, 1.54) is 0 Å². The molecule has 8 heteroatoms. The second kappa shape index (κ2) is 7.84. The number of carbonyl (C=O) groups excluding carboxylic acids is 2. The summed E-state index contributed by atoms with van der Waals surface area (Å²) in [5.74, 6) is 0.629. The van der Waals surface area contributed by atoms with Crippen molar-refractivity contribution in [2.45, 2.75) is 19.2 Å². The number of imidazole rings is 1. The Labute approximate surface area is 152 Å². The maximum atomic E-state index is 12.9. The zero-order valence-corrected chi connectivity index (χ0v) is 15.4. The molecule has 0 bridgehead atoms. The fourth-order valence-electron chi connectivity index (χ4n) is 3.33. The molecule has 3 rings (SSSR count). The van der Waals surface area contributed by atoms with Crippen molar-refractivity contribution in [2.24, 2.45) is 0 Å². The number of rotatable bonds is 5. The number of hydrogen-bond acceptors (Lipinski definition) is 5. The summed E-state index contributed by atoms with van der Waals surface area (Å²) in [5.41, 5.74) is 1.75. The van der Waals surface area contributed by atoms with E-state index < -0.39 is 0 Å². The van der Waals surface area contributed by atoms with E-state index in [2.05, 4.69) is 10.3 Å². The van der Waals surface area contributed by atoms with E-state index >= 15 is 0 Å². The number of amides is 2. The van der Waals surface area contributed by atoms with Crippen LogP contribution in [0, 0.1) is 0 Å². The minimum Gasteiger partial charge on any atom is -0.377 e. The summed E-state index contributed by atoms with van der Waals surface area (Å²) in [5, 5.41) is 2.67. The van der Waals surface area contributed by atoms with Gasteiger partial charge in [0, 0.05) is 33.8 Å². The van der Waals surface area contributed by atoms with Crippen LogP contribution in [-0.4, -0.2) is 78.0 Å². The highest BCUT2D eigenvalue weighted by atomic mass is 16.5. The van der Waals surface area contributed by atoms with Crippen molar-refractivity contribution in [1.29, 1.82) is 0 Å². The van der Waals surface area contributed by atoms with Crippen LogP contribution in [0.4, 0.5) is 0 Å². The van der Waals surface area contributed by atoms with Crippen LogP contribution in [0.3, 0.4) is 0 Å². The van der Waals surface area contributed by atoms with Crippen LogP contribution < -0.4 is 5.32 Å². The van der Waals surface area contributed by atoms with Gasteiger partial charge in [0.2, 0.25) is 11.8 Å². The lowest BCUT2D eigenvalue weighted by molar-refractivity contribution is -0.137. The zero-order chi connectivity index (χ0) is 18.7. The Morgan fingerprint density at radius 3 is 2.81 bits per heavy atom. The lowest BCUT2D eigenvalue weighted by atomic mass is 10.1. The van der Waals surface area contributed by atoms with E-state index in [4.69, 9.17) is 4.74 Å². The van der Waals surface area contributed by atoms with Gasteiger partial charge >= 0.3 is 0 Å². The molecular formula is C18H25N5O3. The number of nitrogens with zero attached hydrogens (tertiary/aromatic N) is 4. The van der Waals surface area contributed by atoms with E-state index in [-0.39, 0.29) is 24.4 Å².